The lowest BCUT2D eigenvalue weighted by molar-refractivity contribution is -0.0886. The van der Waals surface area contributed by atoms with E-state index in [-0.39, 0.29) is 17.7 Å². The molecule has 0 aromatic heterocycles. The highest BCUT2D eigenvalue weighted by Gasteiger charge is 2.49. The minimum atomic E-state index is -0.456. The largest absolute Gasteiger partial charge is 0.444 e. The Bertz CT molecular complexity index is 307. The summed E-state index contributed by atoms with van der Waals surface area (Å²) < 4.78 is 10.6. The van der Waals surface area contributed by atoms with Crippen molar-refractivity contribution in [1.29, 1.82) is 0 Å². The van der Waals surface area contributed by atoms with Gasteiger partial charge in [-0.1, -0.05) is 0 Å². The number of rotatable bonds is 1. The Labute approximate surface area is 102 Å². The van der Waals surface area contributed by atoms with Gasteiger partial charge in [0.25, 0.3) is 0 Å². The number of ether oxygens (including phenoxy) is 2. The van der Waals surface area contributed by atoms with E-state index in [1.807, 2.05) is 20.8 Å². The van der Waals surface area contributed by atoms with Crippen LogP contribution in [0.1, 0.15) is 33.6 Å². The third kappa shape index (κ3) is 2.55. The maximum atomic E-state index is 12.1. The summed E-state index contributed by atoms with van der Waals surface area (Å²) >= 11 is 0. The first-order chi connectivity index (χ1) is 7.82. The summed E-state index contributed by atoms with van der Waals surface area (Å²) in [5.41, 5.74) is 5.40. The first kappa shape index (κ1) is 12.6. The van der Waals surface area contributed by atoms with Crippen LogP contribution in [0.4, 0.5) is 4.79 Å². The van der Waals surface area contributed by atoms with Crippen LogP contribution in [0.5, 0.6) is 0 Å². The fourth-order valence-electron chi connectivity index (χ4n) is 2.43. The van der Waals surface area contributed by atoms with Crippen molar-refractivity contribution in [2.45, 2.75) is 50.8 Å². The first-order valence-corrected chi connectivity index (χ1v) is 6.18. The third-order valence-corrected chi connectivity index (χ3v) is 3.29. The Morgan fingerprint density at radius 3 is 2.59 bits per heavy atom. The van der Waals surface area contributed by atoms with Gasteiger partial charge in [0.05, 0.1) is 24.8 Å². The Morgan fingerprint density at radius 1 is 1.47 bits per heavy atom. The zero-order valence-corrected chi connectivity index (χ0v) is 10.9. The van der Waals surface area contributed by atoms with E-state index in [0.29, 0.717) is 13.2 Å². The molecule has 2 fully saturated rings. The molecular weight excluding hydrogens is 220 g/mol. The summed E-state index contributed by atoms with van der Waals surface area (Å²) in [7, 11) is 0. The van der Waals surface area contributed by atoms with Crippen molar-refractivity contribution < 1.29 is 14.3 Å². The van der Waals surface area contributed by atoms with Gasteiger partial charge < -0.3 is 20.1 Å². The first-order valence-electron chi connectivity index (χ1n) is 6.18. The Morgan fingerprint density at radius 2 is 2.12 bits per heavy atom. The lowest BCUT2D eigenvalue weighted by Gasteiger charge is -2.45. The standard InChI is InChI=1S/C12H22N2O3/c1-11(2,3)17-10(15)14-6-4-5-9(14)12(13)7-16-8-12/h9H,4-8,13H2,1-3H3/t9-/m1/s1. The van der Waals surface area contributed by atoms with Gasteiger partial charge in [0.2, 0.25) is 0 Å². The molecule has 1 atom stereocenters. The van der Waals surface area contributed by atoms with Crippen LogP contribution in [0, 0.1) is 0 Å². The summed E-state index contributed by atoms with van der Waals surface area (Å²) in [5.74, 6) is 0. The number of nitrogens with two attached hydrogens (primary N) is 1. The molecule has 98 valence electrons. The molecule has 1 amide bonds. The SMILES string of the molecule is CC(C)(C)OC(=O)N1CCC[C@@H]1C1(N)COC1. The molecule has 5 heteroatoms. The van der Waals surface area contributed by atoms with Crippen molar-refractivity contribution in [3.05, 3.63) is 0 Å². The molecule has 2 saturated heterocycles. The molecule has 0 spiro atoms. The highest BCUT2D eigenvalue weighted by atomic mass is 16.6. The topological polar surface area (TPSA) is 64.8 Å². The fourth-order valence-corrected chi connectivity index (χ4v) is 2.43. The Hall–Kier alpha value is -0.810. The summed E-state index contributed by atoms with van der Waals surface area (Å²) in [6.07, 6.45) is 1.68. The summed E-state index contributed by atoms with van der Waals surface area (Å²) in [6, 6.07) is 0.0612. The van der Waals surface area contributed by atoms with E-state index >= 15 is 0 Å². The molecule has 2 heterocycles. The monoisotopic (exact) mass is 242 g/mol. The van der Waals surface area contributed by atoms with Crippen LogP contribution in [0.2, 0.25) is 0 Å². The second-order valence-electron chi connectivity index (χ2n) is 6.06. The van der Waals surface area contributed by atoms with E-state index in [0.717, 1.165) is 19.4 Å². The molecule has 0 radical (unpaired) electrons. The average Bonchev–Trinajstić information content (AvgIpc) is 2.59. The second-order valence-corrected chi connectivity index (χ2v) is 6.06. The Balaban J connectivity index is 2.02. The molecule has 2 rings (SSSR count). The summed E-state index contributed by atoms with van der Waals surface area (Å²) in [5, 5.41) is 0. The molecule has 0 saturated carbocycles. The smallest absolute Gasteiger partial charge is 0.410 e. The summed E-state index contributed by atoms with van der Waals surface area (Å²) in [4.78, 5) is 13.8. The number of hydrogen-bond donors (Lipinski definition) is 1. The van der Waals surface area contributed by atoms with E-state index < -0.39 is 5.60 Å². The van der Waals surface area contributed by atoms with E-state index in [1.165, 1.54) is 0 Å². The van der Waals surface area contributed by atoms with Crippen LogP contribution < -0.4 is 5.73 Å². The van der Waals surface area contributed by atoms with Crippen molar-refractivity contribution >= 4 is 6.09 Å². The number of likely N-dealkylation sites (tertiary alicyclic amines) is 1. The van der Waals surface area contributed by atoms with Gasteiger partial charge in [-0.05, 0) is 33.6 Å². The van der Waals surface area contributed by atoms with E-state index in [9.17, 15) is 4.79 Å². The van der Waals surface area contributed by atoms with Crippen LogP contribution >= 0.6 is 0 Å². The van der Waals surface area contributed by atoms with Crippen LogP contribution in [0.15, 0.2) is 0 Å². The van der Waals surface area contributed by atoms with E-state index in [4.69, 9.17) is 15.2 Å². The van der Waals surface area contributed by atoms with E-state index in [2.05, 4.69) is 0 Å². The maximum Gasteiger partial charge on any atom is 0.410 e. The number of carbonyl (C=O) groups is 1. The fraction of sp³-hybridized carbons (Fsp3) is 0.917. The van der Waals surface area contributed by atoms with Crippen LogP contribution in [0.3, 0.4) is 0 Å². The van der Waals surface area contributed by atoms with Crippen LogP contribution in [-0.2, 0) is 9.47 Å². The predicted molar refractivity (Wildman–Crippen MR) is 63.7 cm³/mol. The lowest BCUT2D eigenvalue weighted by atomic mass is 9.87. The zero-order chi connectivity index (χ0) is 12.7. The minimum Gasteiger partial charge on any atom is -0.444 e. The van der Waals surface area contributed by atoms with E-state index in [1.54, 1.807) is 4.90 Å². The molecule has 0 unspecified atom stereocenters. The molecule has 0 aromatic rings. The zero-order valence-electron chi connectivity index (χ0n) is 10.9. The molecule has 0 aliphatic carbocycles. The van der Waals surface area contributed by atoms with Crippen molar-refractivity contribution in [1.82, 2.24) is 4.90 Å². The van der Waals surface area contributed by atoms with Gasteiger partial charge in [-0.15, -0.1) is 0 Å². The van der Waals surface area contributed by atoms with Gasteiger partial charge in [0, 0.05) is 6.54 Å². The molecule has 17 heavy (non-hydrogen) atoms. The van der Waals surface area contributed by atoms with Crippen molar-refractivity contribution in [2.75, 3.05) is 19.8 Å². The number of hydrogen-bond acceptors (Lipinski definition) is 4. The molecular formula is C12H22N2O3. The maximum absolute atomic E-state index is 12.1. The number of carbonyl (C=O) groups excluding carboxylic acids is 1. The minimum absolute atomic E-state index is 0.0612. The molecule has 0 bridgehead atoms. The highest BCUT2D eigenvalue weighted by molar-refractivity contribution is 5.69. The Kier molecular flexibility index (Phi) is 3.08. The highest BCUT2D eigenvalue weighted by Crippen LogP contribution is 2.31. The number of nitrogens with zero attached hydrogens (tertiary/aromatic N) is 1. The lowest BCUT2D eigenvalue weighted by Crippen LogP contribution is -2.68. The molecule has 2 aliphatic rings. The average molecular weight is 242 g/mol. The normalized spacial score (nSPS) is 27.8. The van der Waals surface area contributed by atoms with Crippen molar-refractivity contribution in [3.63, 3.8) is 0 Å². The molecule has 2 aliphatic heterocycles. The van der Waals surface area contributed by atoms with Crippen LogP contribution in [-0.4, -0.2) is 47.9 Å². The predicted octanol–water partition coefficient (Wildman–Crippen LogP) is 1.11. The molecule has 0 aromatic carbocycles. The second kappa shape index (κ2) is 4.14. The quantitative estimate of drug-likeness (QED) is 0.748. The summed E-state index contributed by atoms with van der Waals surface area (Å²) in [6.45, 7) is 7.44. The number of amides is 1. The van der Waals surface area contributed by atoms with Gasteiger partial charge >= 0.3 is 6.09 Å². The third-order valence-electron chi connectivity index (χ3n) is 3.29. The van der Waals surface area contributed by atoms with Crippen LogP contribution in [0.25, 0.3) is 0 Å². The van der Waals surface area contributed by atoms with Gasteiger partial charge in [-0.3, -0.25) is 0 Å². The van der Waals surface area contributed by atoms with Gasteiger partial charge in [-0.2, -0.15) is 0 Å². The molecule has 2 N–H and O–H groups in total. The van der Waals surface area contributed by atoms with Gasteiger partial charge in [-0.25, -0.2) is 4.79 Å². The van der Waals surface area contributed by atoms with Gasteiger partial charge in [0.15, 0.2) is 0 Å². The van der Waals surface area contributed by atoms with Crippen molar-refractivity contribution in [2.24, 2.45) is 5.73 Å². The van der Waals surface area contributed by atoms with Crippen molar-refractivity contribution in [3.8, 4) is 0 Å². The molecule has 5 nitrogen and oxygen atoms in total. The van der Waals surface area contributed by atoms with Gasteiger partial charge in [0.1, 0.15) is 5.60 Å².